The molecule has 1 saturated heterocycles. The van der Waals surface area contributed by atoms with Crippen molar-refractivity contribution in [3.8, 4) is 0 Å². The molecule has 26 heavy (non-hydrogen) atoms. The molecule has 1 fully saturated rings. The predicted molar refractivity (Wildman–Crippen MR) is 86.7 cm³/mol. The van der Waals surface area contributed by atoms with Gasteiger partial charge in [0.25, 0.3) is 0 Å². The minimum atomic E-state index is -4.47. The van der Waals surface area contributed by atoms with Gasteiger partial charge in [0.05, 0.1) is 5.69 Å². The highest BCUT2D eigenvalue weighted by atomic mass is 19.4. The van der Waals surface area contributed by atoms with Crippen molar-refractivity contribution in [2.75, 3.05) is 18.0 Å². The van der Waals surface area contributed by atoms with E-state index in [2.05, 4.69) is 25.5 Å². The Hall–Kier alpha value is -2.78. The maximum Gasteiger partial charge on any atom is 0.435 e. The molecule has 3 aromatic heterocycles. The van der Waals surface area contributed by atoms with Crippen LogP contribution in [0.25, 0.3) is 5.65 Å². The van der Waals surface area contributed by atoms with Gasteiger partial charge < -0.3 is 4.90 Å². The van der Waals surface area contributed by atoms with Gasteiger partial charge in [0, 0.05) is 19.0 Å². The summed E-state index contributed by atoms with van der Waals surface area (Å²) in [5, 5.41) is 19.9. The lowest BCUT2D eigenvalue weighted by atomic mass is 9.96. The Morgan fingerprint density at radius 2 is 1.73 bits per heavy atom. The van der Waals surface area contributed by atoms with Gasteiger partial charge in [-0.05, 0) is 44.0 Å². The number of halogens is 3. The number of nitrogens with zero attached hydrogens (tertiary/aromatic N) is 7. The third-order valence-electron chi connectivity index (χ3n) is 4.55. The van der Waals surface area contributed by atoms with Crippen LogP contribution < -0.4 is 4.90 Å². The van der Waals surface area contributed by atoms with Crippen molar-refractivity contribution in [3.63, 3.8) is 0 Å². The Bertz CT molecular complexity index is 912. The van der Waals surface area contributed by atoms with E-state index in [0.717, 1.165) is 30.4 Å². The van der Waals surface area contributed by atoms with Crippen molar-refractivity contribution in [3.05, 3.63) is 41.5 Å². The highest BCUT2D eigenvalue weighted by Crippen LogP contribution is 2.30. The van der Waals surface area contributed by atoms with Gasteiger partial charge in [0.2, 0.25) is 0 Å². The van der Waals surface area contributed by atoms with Crippen molar-refractivity contribution in [2.45, 2.75) is 31.9 Å². The lowest BCUT2D eigenvalue weighted by Crippen LogP contribution is -2.34. The van der Waals surface area contributed by atoms with Crippen LogP contribution in [0.5, 0.6) is 0 Å². The van der Waals surface area contributed by atoms with Crippen LogP contribution in [0, 0.1) is 6.92 Å². The Morgan fingerprint density at radius 1 is 0.962 bits per heavy atom. The standard InChI is InChI=1S/C16H16F3N7/c1-10-2-4-14-22-23-15(26(14)24-10)11-6-8-25(9-7-11)13-5-3-12(20-21-13)16(17,18)19/h2-5,11H,6-9H2,1H3. The number of alkyl halides is 3. The average Bonchev–Trinajstić information content (AvgIpc) is 3.04. The van der Waals surface area contributed by atoms with Crippen LogP contribution in [0.15, 0.2) is 24.3 Å². The van der Waals surface area contributed by atoms with Gasteiger partial charge in [-0.2, -0.15) is 22.8 Å². The van der Waals surface area contributed by atoms with Crippen molar-refractivity contribution >= 4 is 11.5 Å². The third kappa shape index (κ3) is 3.06. The van der Waals surface area contributed by atoms with Crippen LogP contribution >= 0.6 is 0 Å². The molecule has 136 valence electrons. The Kier molecular flexibility index (Phi) is 3.97. The molecule has 0 N–H and O–H groups in total. The van der Waals surface area contributed by atoms with E-state index in [1.54, 1.807) is 4.52 Å². The number of aryl methyl sites for hydroxylation is 1. The molecule has 3 aromatic rings. The molecular formula is C16H16F3N7. The number of aromatic nitrogens is 6. The van der Waals surface area contributed by atoms with Gasteiger partial charge in [0.1, 0.15) is 0 Å². The normalized spacial score (nSPS) is 16.4. The van der Waals surface area contributed by atoms with Gasteiger partial charge in [-0.25, -0.2) is 0 Å². The van der Waals surface area contributed by atoms with Crippen molar-refractivity contribution in [2.24, 2.45) is 0 Å². The molecule has 1 aliphatic rings. The molecule has 4 rings (SSSR count). The fourth-order valence-electron chi connectivity index (χ4n) is 3.16. The van der Waals surface area contributed by atoms with E-state index in [1.807, 2.05) is 24.0 Å². The summed E-state index contributed by atoms with van der Waals surface area (Å²) < 4.78 is 39.5. The summed E-state index contributed by atoms with van der Waals surface area (Å²) >= 11 is 0. The molecule has 7 nitrogen and oxygen atoms in total. The van der Waals surface area contributed by atoms with Crippen LogP contribution in [0.3, 0.4) is 0 Å². The zero-order chi connectivity index (χ0) is 18.3. The van der Waals surface area contributed by atoms with Crippen molar-refractivity contribution in [1.82, 2.24) is 30.0 Å². The molecule has 0 atom stereocenters. The van der Waals surface area contributed by atoms with E-state index in [0.29, 0.717) is 24.6 Å². The topological polar surface area (TPSA) is 72.1 Å². The number of hydrogen-bond donors (Lipinski definition) is 0. The van der Waals surface area contributed by atoms with Crippen molar-refractivity contribution < 1.29 is 13.2 Å². The zero-order valence-electron chi connectivity index (χ0n) is 14.0. The number of anilines is 1. The zero-order valence-corrected chi connectivity index (χ0v) is 14.0. The van der Waals surface area contributed by atoms with E-state index in [1.165, 1.54) is 6.07 Å². The van der Waals surface area contributed by atoms with Gasteiger partial charge in [0.15, 0.2) is 23.0 Å². The summed E-state index contributed by atoms with van der Waals surface area (Å²) in [4.78, 5) is 1.94. The summed E-state index contributed by atoms with van der Waals surface area (Å²) in [7, 11) is 0. The third-order valence-corrected chi connectivity index (χ3v) is 4.55. The molecule has 1 aliphatic heterocycles. The van der Waals surface area contributed by atoms with Gasteiger partial charge >= 0.3 is 6.18 Å². The minimum Gasteiger partial charge on any atom is -0.355 e. The van der Waals surface area contributed by atoms with Gasteiger partial charge in [-0.15, -0.1) is 20.4 Å². The van der Waals surface area contributed by atoms with Crippen LogP contribution in [-0.2, 0) is 6.18 Å². The van der Waals surface area contributed by atoms with Crippen LogP contribution in [-0.4, -0.2) is 43.1 Å². The van der Waals surface area contributed by atoms with E-state index in [-0.39, 0.29) is 5.92 Å². The van der Waals surface area contributed by atoms with Crippen molar-refractivity contribution in [1.29, 1.82) is 0 Å². The molecule has 0 aromatic carbocycles. The van der Waals surface area contributed by atoms with Crippen LogP contribution in [0.1, 0.15) is 36.0 Å². The van der Waals surface area contributed by atoms with Crippen LogP contribution in [0.4, 0.5) is 19.0 Å². The number of hydrogen-bond acceptors (Lipinski definition) is 6. The first-order valence-corrected chi connectivity index (χ1v) is 8.26. The molecule has 0 unspecified atom stereocenters. The minimum absolute atomic E-state index is 0.193. The second-order valence-electron chi connectivity index (χ2n) is 6.34. The quantitative estimate of drug-likeness (QED) is 0.697. The summed E-state index contributed by atoms with van der Waals surface area (Å²) in [6, 6.07) is 6.10. The highest BCUT2D eigenvalue weighted by molar-refractivity contribution is 5.39. The summed E-state index contributed by atoms with van der Waals surface area (Å²) in [5.41, 5.74) is 0.616. The molecule has 0 spiro atoms. The summed E-state index contributed by atoms with van der Waals surface area (Å²) in [6.07, 6.45) is -2.89. The average molecular weight is 363 g/mol. The molecular weight excluding hydrogens is 347 g/mol. The molecule has 0 bridgehead atoms. The number of rotatable bonds is 2. The maximum atomic E-state index is 12.6. The van der Waals surface area contributed by atoms with E-state index in [4.69, 9.17) is 0 Å². The molecule has 0 saturated carbocycles. The largest absolute Gasteiger partial charge is 0.435 e. The van der Waals surface area contributed by atoms with E-state index in [9.17, 15) is 13.2 Å². The smallest absolute Gasteiger partial charge is 0.355 e. The second kappa shape index (κ2) is 6.19. The van der Waals surface area contributed by atoms with Gasteiger partial charge in [-0.3, -0.25) is 0 Å². The number of fused-ring (bicyclic) bond motifs is 1. The molecule has 0 amide bonds. The Labute approximate surface area is 146 Å². The monoisotopic (exact) mass is 363 g/mol. The second-order valence-corrected chi connectivity index (χ2v) is 6.34. The predicted octanol–water partition coefficient (Wildman–Crippen LogP) is 2.63. The Morgan fingerprint density at radius 3 is 2.38 bits per heavy atom. The molecule has 10 heteroatoms. The Balaban J connectivity index is 1.47. The maximum absolute atomic E-state index is 12.6. The lowest BCUT2D eigenvalue weighted by Gasteiger charge is -2.31. The molecule has 4 heterocycles. The lowest BCUT2D eigenvalue weighted by molar-refractivity contribution is -0.141. The SMILES string of the molecule is Cc1ccc2nnc(C3CCN(c4ccc(C(F)(F)F)nn4)CC3)n2n1. The number of piperidine rings is 1. The van der Waals surface area contributed by atoms with E-state index < -0.39 is 11.9 Å². The fraction of sp³-hybridized carbons (Fsp3) is 0.438. The van der Waals surface area contributed by atoms with Crippen LogP contribution in [0.2, 0.25) is 0 Å². The first-order valence-electron chi connectivity index (χ1n) is 8.26. The summed E-state index contributed by atoms with van der Waals surface area (Å²) in [5.74, 6) is 1.47. The first kappa shape index (κ1) is 16.7. The molecule has 0 aliphatic carbocycles. The fourth-order valence-corrected chi connectivity index (χ4v) is 3.16. The molecule has 0 radical (unpaired) electrons. The summed E-state index contributed by atoms with van der Waals surface area (Å²) in [6.45, 7) is 3.23. The van der Waals surface area contributed by atoms with E-state index >= 15 is 0 Å². The highest BCUT2D eigenvalue weighted by Gasteiger charge is 2.33. The van der Waals surface area contributed by atoms with Gasteiger partial charge in [-0.1, -0.05) is 0 Å². The first-order chi connectivity index (χ1) is 12.4.